The Morgan fingerprint density at radius 3 is 2.72 bits per heavy atom. The van der Waals surface area contributed by atoms with Crippen LogP contribution in [-0.2, 0) is 9.59 Å². The molecule has 0 radical (unpaired) electrons. The molecule has 1 atom stereocenters. The summed E-state index contributed by atoms with van der Waals surface area (Å²) in [4.78, 5) is 25.8. The molecule has 0 spiro atoms. The second-order valence-corrected chi connectivity index (χ2v) is 5.89. The van der Waals surface area contributed by atoms with Gasteiger partial charge in [-0.15, -0.1) is 0 Å². The number of carbonyl (C=O) groups excluding carboxylic acids is 2. The predicted molar refractivity (Wildman–Crippen MR) is 91.9 cm³/mol. The maximum Gasteiger partial charge on any atom is 0.265 e. The summed E-state index contributed by atoms with van der Waals surface area (Å²) in [6.07, 6.45) is 0.172. The lowest BCUT2D eigenvalue weighted by molar-refractivity contribution is -0.122. The monoisotopic (exact) mass is 342 g/mol. The molecule has 2 amide bonds. The third-order valence-corrected chi connectivity index (χ3v) is 4.12. The van der Waals surface area contributed by atoms with E-state index in [1.54, 1.807) is 29.2 Å². The van der Waals surface area contributed by atoms with E-state index < -0.39 is 0 Å². The number of benzene rings is 2. The van der Waals surface area contributed by atoms with Crippen LogP contribution in [0.4, 0.5) is 10.1 Å². The van der Waals surface area contributed by atoms with Crippen LogP contribution in [0.5, 0.6) is 5.75 Å². The Bertz CT molecular complexity index is 776. The zero-order chi connectivity index (χ0) is 17.8. The van der Waals surface area contributed by atoms with Gasteiger partial charge in [-0.1, -0.05) is 24.3 Å². The molecule has 1 aliphatic rings. The average Bonchev–Trinajstić information content (AvgIpc) is 2.61. The topological polar surface area (TPSA) is 58.6 Å². The van der Waals surface area contributed by atoms with Gasteiger partial charge in [0.1, 0.15) is 11.6 Å². The fourth-order valence-electron chi connectivity index (χ4n) is 2.76. The minimum absolute atomic E-state index is 0.0232. The second kappa shape index (κ2) is 7.34. The molecule has 0 bridgehead atoms. The van der Waals surface area contributed by atoms with E-state index in [-0.39, 0.29) is 43.2 Å². The highest BCUT2D eigenvalue weighted by molar-refractivity contribution is 5.98. The van der Waals surface area contributed by atoms with Crippen molar-refractivity contribution in [1.29, 1.82) is 0 Å². The molecule has 3 rings (SSSR count). The molecule has 2 aromatic carbocycles. The van der Waals surface area contributed by atoms with E-state index in [1.165, 1.54) is 12.1 Å². The quantitative estimate of drug-likeness (QED) is 0.909. The first kappa shape index (κ1) is 17.0. The lowest BCUT2D eigenvalue weighted by atomic mass is 10.1. The van der Waals surface area contributed by atoms with Gasteiger partial charge in [0, 0.05) is 13.0 Å². The molecule has 0 aromatic heterocycles. The molecule has 0 unspecified atom stereocenters. The number of nitrogens with one attached hydrogen (secondary N) is 1. The number of rotatable bonds is 5. The summed E-state index contributed by atoms with van der Waals surface area (Å²) in [6.45, 7) is 2.09. The molecule has 0 saturated heterocycles. The van der Waals surface area contributed by atoms with E-state index in [4.69, 9.17) is 4.74 Å². The van der Waals surface area contributed by atoms with Crippen molar-refractivity contribution in [2.45, 2.75) is 19.4 Å². The van der Waals surface area contributed by atoms with Crippen LogP contribution in [0.25, 0.3) is 0 Å². The summed E-state index contributed by atoms with van der Waals surface area (Å²) >= 11 is 0. The van der Waals surface area contributed by atoms with Gasteiger partial charge in [0.2, 0.25) is 5.91 Å². The molecule has 1 heterocycles. The molecule has 130 valence electrons. The first-order chi connectivity index (χ1) is 12.0. The van der Waals surface area contributed by atoms with Crippen molar-refractivity contribution in [2.75, 3.05) is 18.1 Å². The Morgan fingerprint density at radius 2 is 1.96 bits per heavy atom. The van der Waals surface area contributed by atoms with E-state index in [9.17, 15) is 14.0 Å². The zero-order valence-electron chi connectivity index (χ0n) is 13.9. The maximum atomic E-state index is 13.0. The van der Waals surface area contributed by atoms with Gasteiger partial charge in [-0.3, -0.25) is 9.59 Å². The van der Waals surface area contributed by atoms with E-state index in [0.717, 1.165) is 5.56 Å². The summed E-state index contributed by atoms with van der Waals surface area (Å²) in [5.41, 5.74) is 1.50. The van der Waals surface area contributed by atoms with Crippen LogP contribution in [0.2, 0.25) is 0 Å². The molecule has 0 saturated carbocycles. The number of para-hydroxylation sites is 2. The van der Waals surface area contributed by atoms with E-state index in [2.05, 4.69) is 5.32 Å². The van der Waals surface area contributed by atoms with Crippen LogP contribution in [0.1, 0.15) is 24.9 Å². The number of halogens is 1. The molecular formula is C19H19FN2O3. The fraction of sp³-hybridized carbons (Fsp3) is 0.263. The third-order valence-electron chi connectivity index (χ3n) is 4.12. The minimum Gasteiger partial charge on any atom is -0.482 e. The van der Waals surface area contributed by atoms with Gasteiger partial charge < -0.3 is 15.0 Å². The Balaban J connectivity index is 1.59. The van der Waals surface area contributed by atoms with Gasteiger partial charge in [0.15, 0.2) is 6.61 Å². The smallest absolute Gasteiger partial charge is 0.265 e. The molecular weight excluding hydrogens is 323 g/mol. The van der Waals surface area contributed by atoms with Crippen LogP contribution in [0.15, 0.2) is 48.5 Å². The number of hydrogen-bond acceptors (Lipinski definition) is 3. The SMILES string of the molecule is C[C@@H](NC(=O)CCN1C(=O)COc2ccccc21)c1ccc(F)cc1. The van der Waals surface area contributed by atoms with Gasteiger partial charge in [0.25, 0.3) is 5.91 Å². The molecule has 6 heteroatoms. The van der Waals surface area contributed by atoms with Crippen molar-refractivity contribution in [3.63, 3.8) is 0 Å². The molecule has 25 heavy (non-hydrogen) atoms. The number of anilines is 1. The van der Waals surface area contributed by atoms with E-state index in [1.807, 2.05) is 19.1 Å². The van der Waals surface area contributed by atoms with Gasteiger partial charge >= 0.3 is 0 Å². The largest absolute Gasteiger partial charge is 0.482 e. The Kier molecular flexibility index (Phi) is 4.97. The van der Waals surface area contributed by atoms with Crippen molar-refractivity contribution < 1.29 is 18.7 Å². The molecule has 1 aliphatic heterocycles. The normalized spacial score (nSPS) is 14.5. The Morgan fingerprint density at radius 1 is 1.24 bits per heavy atom. The molecule has 2 aromatic rings. The summed E-state index contributed by atoms with van der Waals surface area (Å²) in [5, 5.41) is 2.86. The summed E-state index contributed by atoms with van der Waals surface area (Å²) in [6, 6.07) is 13.0. The number of nitrogens with zero attached hydrogens (tertiary/aromatic N) is 1. The van der Waals surface area contributed by atoms with Gasteiger partial charge in [0.05, 0.1) is 11.7 Å². The van der Waals surface area contributed by atoms with E-state index >= 15 is 0 Å². The second-order valence-electron chi connectivity index (χ2n) is 5.89. The lowest BCUT2D eigenvalue weighted by Gasteiger charge is -2.29. The van der Waals surface area contributed by atoms with Gasteiger partial charge in [-0.2, -0.15) is 0 Å². The predicted octanol–water partition coefficient (Wildman–Crippen LogP) is 2.82. The van der Waals surface area contributed by atoms with Gasteiger partial charge in [-0.05, 0) is 36.8 Å². The zero-order valence-corrected chi connectivity index (χ0v) is 13.9. The standard InChI is InChI=1S/C19H19FN2O3/c1-13(14-6-8-15(20)9-7-14)21-18(23)10-11-22-16-4-2-3-5-17(16)25-12-19(22)24/h2-9,13H,10-12H2,1H3,(H,21,23)/t13-/m1/s1. The Labute approximate surface area is 145 Å². The van der Waals surface area contributed by atoms with Crippen LogP contribution in [-0.4, -0.2) is 25.0 Å². The minimum atomic E-state index is -0.313. The maximum absolute atomic E-state index is 13.0. The molecule has 1 N–H and O–H groups in total. The highest BCUT2D eigenvalue weighted by Gasteiger charge is 2.25. The first-order valence-corrected chi connectivity index (χ1v) is 8.11. The third kappa shape index (κ3) is 3.96. The number of fused-ring (bicyclic) bond motifs is 1. The first-order valence-electron chi connectivity index (χ1n) is 8.11. The summed E-state index contributed by atoms with van der Waals surface area (Å²) < 4.78 is 18.3. The molecule has 0 fully saturated rings. The summed E-state index contributed by atoms with van der Waals surface area (Å²) in [7, 11) is 0. The Hall–Kier alpha value is -2.89. The van der Waals surface area contributed by atoms with Crippen LogP contribution in [0, 0.1) is 5.82 Å². The number of hydrogen-bond donors (Lipinski definition) is 1. The van der Waals surface area contributed by atoms with Crippen LogP contribution < -0.4 is 15.0 Å². The highest BCUT2D eigenvalue weighted by atomic mass is 19.1. The number of ether oxygens (including phenoxy) is 1. The summed E-state index contributed by atoms with van der Waals surface area (Å²) in [5.74, 6) is -0.0133. The molecule has 5 nitrogen and oxygen atoms in total. The average molecular weight is 342 g/mol. The van der Waals surface area contributed by atoms with Crippen LogP contribution in [0.3, 0.4) is 0 Å². The van der Waals surface area contributed by atoms with Crippen molar-refractivity contribution in [1.82, 2.24) is 5.32 Å². The molecule has 0 aliphatic carbocycles. The fourth-order valence-corrected chi connectivity index (χ4v) is 2.76. The van der Waals surface area contributed by atoms with Crippen LogP contribution >= 0.6 is 0 Å². The highest BCUT2D eigenvalue weighted by Crippen LogP contribution is 2.31. The lowest BCUT2D eigenvalue weighted by Crippen LogP contribution is -2.41. The van der Waals surface area contributed by atoms with E-state index in [0.29, 0.717) is 11.4 Å². The van der Waals surface area contributed by atoms with Crippen molar-refractivity contribution in [3.8, 4) is 5.75 Å². The van der Waals surface area contributed by atoms with Crippen molar-refractivity contribution in [2.24, 2.45) is 0 Å². The van der Waals surface area contributed by atoms with Crippen molar-refractivity contribution in [3.05, 3.63) is 59.9 Å². The van der Waals surface area contributed by atoms with Gasteiger partial charge in [-0.25, -0.2) is 4.39 Å². The number of amides is 2. The number of carbonyl (C=O) groups is 2. The van der Waals surface area contributed by atoms with Crippen molar-refractivity contribution >= 4 is 17.5 Å².